The number of benzene rings is 3. The van der Waals surface area contributed by atoms with Gasteiger partial charge in [0.15, 0.2) is 5.79 Å². The van der Waals surface area contributed by atoms with Crippen molar-refractivity contribution >= 4 is 11.4 Å². The van der Waals surface area contributed by atoms with Gasteiger partial charge in [-0.25, -0.2) is 14.0 Å². The number of methoxy groups -OCH3 is 1. The van der Waals surface area contributed by atoms with E-state index in [9.17, 15) is 4.79 Å². The number of piperazine rings is 1. The molecule has 0 bridgehead atoms. The van der Waals surface area contributed by atoms with E-state index in [0.717, 1.165) is 72.3 Å². The highest BCUT2D eigenvalue weighted by molar-refractivity contribution is 5.54. The molecular formula is C38H43N7O5. The molecule has 50 heavy (non-hydrogen) atoms. The van der Waals surface area contributed by atoms with Gasteiger partial charge in [-0.2, -0.15) is 15.3 Å². The fraction of sp³-hybridized carbons (Fsp3) is 0.368. The van der Waals surface area contributed by atoms with Crippen LogP contribution in [0.15, 0.2) is 102 Å². The van der Waals surface area contributed by atoms with Crippen LogP contribution in [0.2, 0.25) is 0 Å². The summed E-state index contributed by atoms with van der Waals surface area (Å²) in [4.78, 5) is 17.6. The van der Waals surface area contributed by atoms with Gasteiger partial charge < -0.3 is 28.7 Å². The standard InChI is InChI=1S/C38H43N7O5/c1-4-28(2)45-37(46)44(27-41-45)33-10-8-31(9-11-33)42-18-20-43(21-19-42)32-12-14-34(15-13-32)48-25-36-26-49-38(50-36,23-29-16-17-39-40-24-29)30-6-5-7-35(22-30)47-3/h5-17,22,24,27-28,36H,4,18-21,23,25-26H2,1-3H3/t28?,36-,38+/m1/s1. The van der Waals surface area contributed by atoms with Crippen molar-refractivity contribution in [1.82, 2.24) is 24.5 Å². The monoisotopic (exact) mass is 677 g/mol. The molecule has 0 radical (unpaired) electrons. The number of nitrogens with zero attached hydrogens (tertiary/aromatic N) is 7. The van der Waals surface area contributed by atoms with E-state index in [2.05, 4.69) is 56.3 Å². The van der Waals surface area contributed by atoms with Crippen molar-refractivity contribution < 1.29 is 18.9 Å². The van der Waals surface area contributed by atoms with Gasteiger partial charge in [0.2, 0.25) is 0 Å². The third-order valence-electron chi connectivity index (χ3n) is 9.56. The lowest BCUT2D eigenvalue weighted by Gasteiger charge is -2.37. The van der Waals surface area contributed by atoms with E-state index in [-0.39, 0.29) is 17.8 Å². The minimum Gasteiger partial charge on any atom is -0.497 e. The summed E-state index contributed by atoms with van der Waals surface area (Å²) in [6, 6.07) is 26.2. The van der Waals surface area contributed by atoms with Crippen molar-refractivity contribution in [1.29, 1.82) is 0 Å². The molecule has 12 heteroatoms. The Labute approximate surface area is 291 Å². The smallest absolute Gasteiger partial charge is 0.350 e. The lowest BCUT2D eigenvalue weighted by Crippen LogP contribution is -2.46. The van der Waals surface area contributed by atoms with Crippen molar-refractivity contribution in [2.24, 2.45) is 0 Å². The van der Waals surface area contributed by atoms with Crippen LogP contribution in [0.3, 0.4) is 0 Å². The molecule has 2 aliphatic heterocycles. The Balaban J connectivity index is 0.927. The van der Waals surface area contributed by atoms with Gasteiger partial charge in [0, 0.05) is 55.7 Å². The van der Waals surface area contributed by atoms with Crippen LogP contribution in [-0.4, -0.2) is 77.2 Å². The molecule has 3 atom stereocenters. The highest BCUT2D eigenvalue weighted by Gasteiger charge is 2.44. The van der Waals surface area contributed by atoms with E-state index in [1.807, 2.05) is 61.5 Å². The number of anilines is 2. The number of aromatic nitrogens is 5. The molecule has 2 aromatic heterocycles. The summed E-state index contributed by atoms with van der Waals surface area (Å²) in [7, 11) is 1.65. The van der Waals surface area contributed by atoms with E-state index < -0.39 is 5.79 Å². The molecule has 2 saturated heterocycles. The molecule has 12 nitrogen and oxygen atoms in total. The normalized spacial score (nSPS) is 19.8. The maximum Gasteiger partial charge on any atom is 0.350 e. The highest BCUT2D eigenvalue weighted by atomic mass is 16.8. The number of ether oxygens (including phenoxy) is 4. The van der Waals surface area contributed by atoms with Crippen LogP contribution in [-0.2, 0) is 21.7 Å². The van der Waals surface area contributed by atoms with Crippen LogP contribution in [0.25, 0.3) is 5.69 Å². The van der Waals surface area contributed by atoms with E-state index in [1.165, 1.54) is 0 Å². The maximum atomic E-state index is 12.8. The van der Waals surface area contributed by atoms with E-state index >= 15 is 0 Å². The van der Waals surface area contributed by atoms with Crippen LogP contribution in [0.1, 0.15) is 37.4 Å². The first-order valence-corrected chi connectivity index (χ1v) is 17.2. The Bertz CT molecular complexity index is 1910. The van der Waals surface area contributed by atoms with Gasteiger partial charge >= 0.3 is 5.69 Å². The number of hydrogen-bond acceptors (Lipinski definition) is 10. The Morgan fingerprint density at radius 3 is 2.26 bits per heavy atom. The molecule has 0 saturated carbocycles. The van der Waals surface area contributed by atoms with E-state index in [0.29, 0.717) is 19.6 Å². The highest BCUT2D eigenvalue weighted by Crippen LogP contribution is 2.39. The molecular weight excluding hydrogens is 634 g/mol. The Morgan fingerprint density at radius 2 is 1.60 bits per heavy atom. The van der Waals surface area contributed by atoms with Gasteiger partial charge in [0.25, 0.3) is 0 Å². The molecule has 2 aliphatic rings. The van der Waals surface area contributed by atoms with Crippen molar-refractivity contribution in [3.05, 3.63) is 119 Å². The largest absolute Gasteiger partial charge is 0.497 e. The predicted molar refractivity (Wildman–Crippen MR) is 190 cm³/mol. The molecule has 0 spiro atoms. The number of hydrogen-bond donors (Lipinski definition) is 0. The summed E-state index contributed by atoms with van der Waals surface area (Å²) >= 11 is 0. The second kappa shape index (κ2) is 14.7. The molecule has 2 fully saturated rings. The van der Waals surface area contributed by atoms with E-state index in [1.54, 1.807) is 35.1 Å². The van der Waals surface area contributed by atoms with Crippen molar-refractivity contribution in [3.8, 4) is 17.2 Å². The molecule has 0 N–H and O–H groups in total. The number of rotatable bonds is 12. The summed E-state index contributed by atoms with van der Waals surface area (Å²) < 4.78 is 27.8. The van der Waals surface area contributed by atoms with Gasteiger partial charge in [-0.3, -0.25) is 0 Å². The first kappa shape index (κ1) is 33.3. The SMILES string of the molecule is CCC(C)n1ncn(-c2ccc(N3CCN(c4ccc(OC[C@@H]5CO[C@](Cc6ccnnc6)(c6cccc(OC)c6)O5)cc4)CC3)cc2)c1=O. The maximum absolute atomic E-state index is 12.8. The molecule has 0 amide bonds. The summed E-state index contributed by atoms with van der Waals surface area (Å²) in [6.07, 6.45) is 6.07. The zero-order valence-corrected chi connectivity index (χ0v) is 28.7. The Hall–Kier alpha value is -5.20. The van der Waals surface area contributed by atoms with Gasteiger partial charge in [0.1, 0.15) is 30.5 Å². The quantitative estimate of drug-likeness (QED) is 0.179. The van der Waals surface area contributed by atoms with Crippen LogP contribution in [0.5, 0.6) is 11.5 Å². The lowest BCUT2D eigenvalue weighted by molar-refractivity contribution is -0.178. The first-order chi connectivity index (χ1) is 24.4. The third-order valence-corrected chi connectivity index (χ3v) is 9.56. The molecule has 7 rings (SSSR count). The fourth-order valence-electron chi connectivity index (χ4n) is 6.50. The molecule has 0 aliphatic carbocycles. The Kier molecular flexibility index (Phi) is 9.81. The summed E-state index contributed by atoms with van der Waals surface area (Å²) in [5, 5.41) is 12.2. The summed E-state index contributed by atoms with van der Waals surface area (Å²) in [5.41, 5.74) is 4.84. The first-order valence-electron chi connectivity index (χ1n) is 17.2. The average molecular weight is 678 g/mol. The Morgan fingerprint density at radius 1 is 0.900 bits per heavy atom. The minimum absolute atomic E-state index is 0.0683. The molecule has 260 valence electrons. The van der Waals surface area contributed by atoms with E-state index in [4.69, 9.17) is 18.9 Å². The van der Waals surface area contributed by atoms with Gasteiger partial charge in [-0.15, -0.1) is 0 Å². The summed E-state index contributed by atoms with van der Waals surface area (Å²) in [5.74, 6) is 0.524. The van der Waals surface area contributed by atoms with Crippen molar-refractivity contribution in [2.45, 2.75) is 44.6 Å². The van der Waals surface area contributed by atoms with Gasteiger partial charge in [-0.1, -0.05) is 19.1 Å². The van der Waals surface area contributed by atoms with Crippen LogP contribution >= 0.6 is 0 Å². The third kappa shape index (κ3) is 7.08. The zero-order valence-electron chi connectivity index (χ0n) is 28.7. The molecule has 5 aromatic rings. The molecule has 3 aromatic carbocycles. The van der Waals surface area contributed by atoms with Crippen LogP contribution in [0, 0.1) is 0 Å². The van der Waals surface area contributed by atoms with Crippen molar-refractivity contribution in [3.63, 3.8) is 0 Å². The second-order valence-electron chi connectivity index (χ2n) is 12.7. The zero-order chi connectivity index (χ0) is 34.5. The van der Waals surface area contributed by atoms with Gasteiger partial charge in [0.05, 0.1) is 31.6 Å². The lowest BCUT2D eigenvalue weighted by atomic mass is 9.98. The average Bonchev–Trinajstić information content (AvgIpc) is 3.78. The molecule has 4 heterocycles. The fourth-order valence-corrected chi connectivity index (χ4v) is 6.50. The predicted octanol–water partition coefficient (Wildman–Crippen LogP) is 5.02. The second-order valence-corrected chi connectivity index (χ2v) is 12.7. The van der Waals surface area contributed by atoms with Crippen LogP contribution < -0.4 is 25.0 Å². The topological polar surface area (TPSA) is 109 Å². The molecule has 1 unspecified atom stereocenters. The van der Waals surface area contributed by atoms with Gasteiger partial charge in [-0.05, 0) is 85.6 Å². The van der Waals surface area contributed by atoms with Crippen LogP contribution in [0.4, 0.5) is 11.4 Å². The minimum atomic E-state index is -0.990. The van der Waals surface area contributed by atoms with Crippen molar-refractivity contribution in [2.75, 3.05) is 56.3 Å². The summed E-state index contributed by atoms with van der Waals surface area (Å²) in [6.45, 7) is 8.39.